The number of carboxylic acids is 1. The molecule has 0 bridgehead atoms. The Morgan fingerprint density at radius 2 is 1.84 bits per heavy atom. The van der Waals surface area contributed by atoms with Gasteiger partial charge in [-0.1, -0.05) is 42.5 Å². The minimum absolute atomic E-state index is 0.0538. The number of hydrogen-bond donors (Lipinski definition) is 2. The first-order valence-corrected chi connectivity index (χ1v) is 9.56. The predicted octanol–water partition coefficient (Wildman–Crippen LogP) is 3.62. The lowest BCUT2D eigenvalue weighted by molar-refractivity contribution is 0.0703. The zero-order chi connectivity index (χ0) is 18.0. The number of benzene rings is 2. The smallest absolute Gasteiger partial charge is 0.349 e. The summed E-state index contributed by atoms with van der Waals surface area (Å²) in [5.74, 6) is -1.42. The Labute approximate surface area is 148 Å². The molecule has 0 aliphatic rings. The van der Waals surface area contributed by atoms with Crippen LogP contribution in [0.5, 0.6) is 0 Å². The van der Waals surface area contributed by atoms with Crippen LogP contribution in [0.25, 0.3) is 10.6 Å². The molecule has 0 atom stereocenters. The van der Waals surface area contributed by atoms with E-state index in [4.69, 9.17) is 0 Å². The maximum absolute atomic E-state index is 12.5. The topological polar surface area (TPSA) is 96.4 Å². The molecule has 3 rings (SSSR count). The average Bonchev–Trinajstić information content (AvgIpc) is 2.99. The highest BCUT2D eigenvalue weighted by Crippen LogP contribution is 2.32. The van der Waals surface area contributed by atoms with Crippen molar-refractivity contribution in [3.63, 3.8) is 0 Å². The summed E-state index contributed by atoms with van der Waals surface area (Å²) in [6.07, 6.45) is 0. The molecule has 0 spiro atoms. The molecule has 0 aliphatic carbocycles. The average molecular weight is 374 g/mol. The molecule has 2 N–H and O–H groups in total. The minimum Gasteiger partial charge on any atom is -0.477 e. The fourth-order valence-corrected chi connectivity index (χ4v) is 4.26. The van der Waals surface area contributed by atoms with Crippen LogP contribution in [0.2, 0.25) is 0 Å². The van der Waals surface area contributed by atoms with Crippen LogP contribution in [0, 0.1) is 6.92 Å². The van der Waals surface area contributed by atoms with Crippen LogP contribution in [0.4, 0.5) is 5.82 Å². The number of aryl methyl sites for hydroxylation is 1. The van der Waals surface area contributed by atoms with Crippen molar-refractivity contribution >= 4 is 33.1 Å². The maximum Gasteiger partial charge on any atom is 0.349 e. The first kappa shape index (κ1) is 17.1. The Morgan fingerprint density at radius 1 is 1.12 bits per heavy atom. The summed E-state index contributed by atoms with van der Waals surface area (Å²) in [4.78, 5) is 15.6. The van der Waals surface area contributed by atoms with Crippen molar-refractivity contribution < 1.29 is 18.3 Å². The molecule has 1 heterocycles. The Morgan fingerprint density at radius 3 is 2.48 bits per heavy atom. The van der Waals surface area contributed by atoms with E-state index in [9.17, 15) is 18.3 Å². The molecule has 0 unspecified atom stereocenters. The van der Waals surface area contributed by atoms with Crippen molar-refractivity contribution in [2.75, 3.05) is 4.72 Å². The van der Waals surface area contributed by atoms with Gasteiger partial charge < -0.3 is 5.11 Å². The Hall–Kier alpha value is -2.71. The number of nitrogens with zero attached hydrogens (tertiary/aromatic N) is 1. The summed E-state index contributed by atoms with van der Waals surface area (Å²) in [5.41, 5.74) is 1.50. The third-order valence-electron chi connectivity index (χ3n) is 3.37. The van der Waals surface area contributed by atoms with Gasteiger partial charge in [0.25, 0.3) is 10.0 Å². The summed E-state index contributed by atoms with van der Waals surface area (Å²) < 4.78 is 27.4. The number of aromatic carboxylic acids is 1. The standard InChI is InChI=1S/C17H14N2O4S2/c1-11-6-5-9-13(10-11)25(22,23)19-15-14(17(20)21)24-16(18-15)12-7-3-2-4-8-12/h2-10,19H,1H3,(H,20,21). The number of thiazole rings is 1. The molecule has 0 amide bonds. The van der Waals surface area contributed by atoms with E-state index in [2.05, 4.69) is 9.71 Å². The quantitative estimate of drug-likeness (QED) is 0.711. The third-order valence-corrected chi connectivity index (χ3v) is 5.80. The molecule has 25 heavy (non-hydrogen) atoms. The Balaban J connectivity index is 2.02. The fourth-order valence-electron chi connectivity index (χ4n) is 2.21. The lowest BCUT2D eigenvalue weighted by atomic mass is 10.2. The van der Waals surface area contributed by atoms with Gasteiger partial charge >= 0.3 is 5.97 Å². The van der Waals surface area contributed by atoms with E-state index in [0.717, 1.165) is 22.5 Å². The van der Waals surface area contributed by atoms with Crippen LogP contribution in [-0.4, -0.2) is 24.5 Å². The SMILES string of the molecule is Cc1cccc(S(=O)(=O)Nc2nc(-c3ccccc3)sc2C(=O)O)c1. The molecule has 0 radical (unpaired) electrons. The van der Waals surface area contributed by atoms with Gasteiger partial charge in [-0.2, -0.15) is 0 Å². The van der Waals surface area contributed by atoms with Gasteiger partial charge in [0.15, 0.2) is 10.7 Å². The third kappa shape index (κ3) is 3.70. The van der Waals surface area contributed by atoms with Gasteiger partial charge in [0.1, 0.15) is 5.01 Å². The van der Waals surface area contributed by atoms with E-state index in [-0.39, 0.29) is 15.6 Å². The molecule has 1 aromatic heterocycles. The number of rotatable bonds is 5. The van der Waals surface area contributed by atoms with E-state index in [0.29, 0.717) is 5.01 Å². The first-order valence-electron chi connectivity index (χ1n) is 7.26. The maximum atomic E-state index is 12.5. The van der Waals surface area contributed by atoms with Gasteiger partial charge in [0.2, 0.25) is 0 Å². The summed E-state index contributed by atoms with van der Waals surface area (Å²) >= 11 is 0.922. The molecule has 128 valence electrons. The lowest BCUT2D eigenvalue weighted by Gasteiger charge is -2.07. The van der Waals surface area contributed by atoms with Crippen molar-refractivity contribution in [3.05, 3.63) is 65.0 Å². The van der Waals surface area contributed by atoms with Gasteiger partial charge in [-0.25, -0.2) is 18.2 Å². The summed E-state index contributed by atoms with van der Waals surface area (Å²) in [6, 6.07) is 15.3. The molecule has 0 fully saturated rings. The lowest BCUT2D eigenvalue weighted by Crippen LogP contribution is -2.15. The van der Waals surface area contributed by atoms with Crippen molar-refractivity contribution in [1.82, 2.24) is 4.98 Å². The van der Waals surface area contributed by atoms with Gasteiger partial charge in [0, 0.05) is 5.56 Å². The summed E-state index contributed by atoms with van der Waals surface area (Å²) in [5, 5.41) is 9.80. The normalized spacial score (nSPS) is 11.2. The highest BCUT2D eigenvalue weighted by Gasteiger charge is 2.23. The second kappa shape index (κ2) is 6.66. The monoisotopic (exact) mass is 374 g/mol. The molecule has 3 aromatic rings. The van der Waals surface area contributed by atoms with E-state index < -0.39 is 16.0 Å². The zero-order valence-electron chi connectivity index (χ0n) is 13.1. The molecular weight excluding hydrogens is 360 g/mol. The highest BCUT2D eigenvalue weighted by molar-refractivity contribution is 7.92. The van der Waals surface area contributed by atoms with Crippen LogP contribution < -0.4 is 4.72 Å². The first-order chi connectivity index (χ1) is 11.9. The van der Waals surface area contributed by atoms with E-state index >= 15 is 0 Å². The van der Waals surface area contributed by atoms with Crippen molar-refractivity contribution in [2.45, 2.75) is 11.8 Å². The van der Waals surface area contributed by atoms with Crippen LogP contribution in [0.15, 0.2) is 59.5 Å². The minimum atomic E-state index is -3.93. The number of carbonyl (C=O) groups is 1. The number of hydrogen-bond acceptors (Lipinski definition) is 5. The van der Waals surface area contributed by atoms with Gasteiger partial charge in [-0.15, -0.1) is 11.3 Å². The van der Waals surface area contributed by atoms with Crippen molar-refractivity contribution in [3.8, 4) is 10.6 Å². The van der Waals surface area contributed by atoms with Crippen LogP contribution >= 0.6 is 11.3 Å². The molecule has 2 aromatic carbocycles. The van der Waals surface area contributed by atoms with Crippen LogP contribution in [-0.2, 0) is 10.0 Å². The van der Waals surface area contributed by atoms with Gasteiger partial charge in [-0.3, -0.25) is 4.72 Å². The van der Waals surface area contributed by atoms with Crippen LogP contribution in [0.3, 0.4) is 0 Å². The van der Waals surface area contributed by atoms with E-state index in [1.54, 1.807) is 43.3 Å². The number of carboxylic acid groups (broad SMARTS) is 1. The molecule has 0 saturated heterocycles. The van der Waals surface area contributed by atoms with Crippen molar-refractivity contribution in [1.29, 1.82) is 0 Å². The van der Waals surface area contributed by atoms with E-state index in [1.807, 2.05) is 6.07 Å². The number of aromatic nitrogens is 1. The van der Waals surface area contributed by atoms with E-state index in [1.165, 1.54) is 12.1 Å². The summed E-state index contributed by atoms with van der Waals surface area (Å²) in [6.45, 7) is 1.78. The fraction of sp³-hybridized carbons (Fsp3) is 0.0588. The highest BCUT2D eigenvalue weighted by atomic mass is 32.2. The summed E-state index contributed by atoms with van der Waals surface area (Å²) in [7, 11) is -3.93. The number of nitrogens with one attached hydrogen (secondary N) is 1. The molecule has 6 nitrogen and oxygen atoms in total. The van der Waals surface area contributed by atoms with Gasteiger partial charge in [-0.05, 0) is 24.6 Å². The van der Waals surface area contributed by atoms with Crippen LogP contribution in [0.1, 0.15) is 15.2 Å². The predicted molar refractivity (Wildman–Crippen MR) is 96.5 cm³/mol. The van der Waals surface area contributed by atoms with Crippen molar-refractivity contribution in [2.24, 2.45) is 0 Å². The molecular formula is C17H14N2O4S2. The molecule has 0 saturated carbocycles. The zero-order valence-corrected chi connectivity index (χ0v) is 14.8. The Bertz CT molecular complexity index is 1030. The largest absolute Gasteiger partial charge is 0.477 e. The second-order valence-electron chi connectivity index (χ2n) is 5.29. The van der Waals surface area contributed by atoms with Gasteiger partial charge in [0.05, 0.1) is 4.90 Å². The molecule has 8 heteroatoms. The number of anilines is 1. The number of sulfonamides is 1. The second-order valence-corrected chi connectivity index (χ2v) is 7.97. The molecule has 0 aliphatic heterocycles. The Kier molecular flexibility index (Phi) is 4.56.